The number of rotatable bonds is 3. The molecular formula is C6H13NO2. The quantitative estimate of drug-likeness (QED) is 0.545. The molecule has 0 aliphatic heterocycles. The fourth-order valence-corrected chi connectivity index (χ4v) is 0.337. The van der Waals surface area contributed by atoms with Crippen molar-refractivity contribution in [1.29, 1.82) is 0 Å². The summed E-state index contributed by atoms with van der Waals surface area (Å²) in [5.74, 6) is -0.190. The monoisotopic (exact) mass is 131 g/mol. The SMILES string of the molecule is CNC(C)(C)C(=O)CO. The van der Waals surface area contributed by atoms with Crippen LogP contribution in [0.2, 0.25) is 0 Å². The van der Waals surface area contributed by atoms with E-state index in [4.69, 9.17) is 5.11 Å². The summed E-state index contributed by atoms with van der Waals surface area (Å²) in [6, 6.07) is 0. The molecule has 0 aromatic rings. The Bertz CT molecular complexity index is 110. The molecule has 9 heavy (non-hydrogen) atoms. The molecule has 2 N–H and O–H groups in total. The fourth-order valence-electron chi connectivity index (χ4n) is 0.337. The second-order valence-electron chi connectivity index (χ2n) is 2.46. The van der Waals surface area contributed by atoms with Gasteiger partial charge in [-0.15, -0.1) is 0 Å². The molecule has 0 spiro atoms. The third-order valence-electron chi connectivity index (χ3n) is 1.47. The average Bonchev–Trinajstić information content (AvgIpc) is 1.86. The van der Waals surface area contributed by atoms with Crippen LogP contribution in [0.1, 0.15) is 13.8 Å². The van der Waals surface area contributed by atoms with Gasteiger partial charge in [-0.2, -0.15) is 0 Å². The minimum atomic E-state index is -0.589. The average molecular weight is 131 g/mol. The fraction of sp³-hybridized carbons (Fsp3) is 0.833. The van der Waals surface area contributed by atoms with Crippen LogP contribution in [0.5, 0.6) is 0 Å². The molecule has 0 atom stereocenters. The predicted octanol–water partition coefficient (Wildman–Crippen LogP) is -0.454. The highest BCUT2D eigenvalue weighted by atomic mass is 16.3. The predicted molar refractivity (Wildman–Crippen MR) is 35.2 cm³/mol. The maximum absolute atomic E-state index is 10.8. The number of ketones is 1. The van der Waals surface area contributed by atoms with Crippen LogP contribution < -0.4 is 5.32 Å². The number of hydrogen-bond donors (Lipinski definition) is 2. The third-order valence-corrected chi connectivity index (χ3v) is 1.47. The van der Waals surface area contributed by atoms with E-state index in [0.717, 1.165) is 0 Å². The van der Waals surface area contributed by atoms with Crippen molar-refractivity contribution >= 4 is 5.78 Å². The van der Waals surface area contributed by atoms with E-state index in [9.17, 15) is 4.79 Å². The first kappa shape index (κ1) is 8.59. The van der Waals surface area contributed by atoms with Crippen LogP contribution in [0.3, 0.4) is 0 Å². The third kappa shape index (κ3) is 2.11. The van der Waals surface area contributed by atoms with Crippen LogP contribution in [0.15, 0.2) is 0 Å². The van der Waals surface area contributed by atoms with Crippen LogP contribution in [-0.2, 0) is 4.79 Å². The molecule has 0 saturated carbocycles. The van der Waals surface area contributed by atoms with Gasteiger partial charge in [0.1, 0.15) is 6.61 Å². The molecule has 3 nitrogen and oxygen atoms in total. The van der Waals surface area contributed by atoms with Crippen molar-refractivity contribution < 1.29 is 9.90 Å². The van der Waals surface area contributed by atoms with Gasteiger partial charge in [-0.25, -0.2) is 0 Å². The first-order chi connectivity index (χ1) is 4.04. The number of aliphatic hydroxyl groups excluding tert-OH is 1. The summed E-state index contributed by atoms with van der Waals surface area (Å²) < 4.78 is 0. The van der Waals surface area contributed by atoms with Gasteiger partial charge in [0.15, 0.2) is 5.78 Å². The summed E-state index contributed by atoms with van der Waals surface area (Å²) in [4.78, 5) is 10.8. The Balaban J connectivity index is 3.97. The molecule has 0 unspecified atom stereocenters. The standard InChI is InChI=1S/C6H13NO2/c1-6(2,7-3)5(9)4-8/h7-8H,4H2,1-3H3. The Labute approximate surface area is 55.1 Å². The minimum Gasteiger partial charge on any atom is -0.389 e. The van der Waals surface area contributed by atoms with E-state index in [2.05, 4.69) is 5.32 Å². The molecule has 0 radical (unpaired) electrons. The molecule has 0 rings (SSSR count). The molecule has 0 bridgehead atoms. The van der Waals surface area contributed by atoms with Crippen molar-refractivity contribution in [2.24, 2.45) is 0 Å². The molecule has 0 aliphatic carbocycles. The highest BCUT2D eigenvalue weighted by Crippen LogP contribution is 2.00. The lowest BCUT2D eigenvalue weighted by molar-refractivity contribution is -0.126. The Kier molecular flexibility index (Phi) is 2.81. The zero-order chi connectivity index (χ0) is 7.49. The lowest BCUT2D eigenvalue weighted by Gasteiger charge is -2.20. The minimum absolute atomic E-state index is 0.190. The Morgan fingerprint density at radius 1 is 1.67 bits per heavy atom. The normalized spacial score (nSPS) is 11.6. The summed E-state index contributed by atoms with van der Waals surface area (Å²) in [6.45, 7) is 3.06. The molecule has 0 fully saturated rings. The molecule has 0 aromatic heterocycles. The van der Waals surface area contributed by atoms with E-state index in [0.29, 0.717) is 0 Å². The van der Waals surface area contributed by atoms with Gasteiger partial charge in [0, 0.05) is 0 Å². The summed E-state index contributed by atoms with van der Waals surface area (Å²) in [5, 5.41) is 11.2. The van der Waals surface area contributed by atoms with Gasteiger partial charge in [-0.3, -0.25) is 4.79 Å². The summed E-state index contributed by atoms with van der Waals surface area (Å²) in [5.41, 5.74) is -0.589. The lowest BCUT2D eigenvalue weighted by Crippen LogP contribution is -2.45. The van der Waals surface area contributed by atoms with Crippen molar-refractivity contribution in [3.8, 4) is 0 Å². The molecular weight excluding hydrogens is 118 g/mol. The molecule has 0 aliphatic rings. The van der Waals surface area contributed by atoms with Crippen molar-refractivity contribution in [2.45, 2.75) is 19.4 Å². The summed E-state index contributed by atoms with van der Waals surface area (Å²) >= 11 is 0. The van der Waals surface area contributed by atoms with E-state index in [1.54, 1.807) is 20.9 Å². The summed E-state index contributed by atoms with van der Waals surface area (Å²) in [7, 11) is 1.69. The number of carbonyl (C=O) groups is 1. The Morgan fingerprint density at radius 2 is 2.11 bits per heavy atom. The molecule has 54 valence electrons. The van der Waals surface area contributed by atoms with Gasteiger partial charge in [0.05, 0.1) is 5.54 Å². The Hall–Kier alpha value is -0.410. The first-order valence-electron chi connectivity index (χ1n) is 2.87. The first-order valence-corrected chi connectivity index (χ1v) is 2.87. The molecule has 0 saturated heterocycles. The maximum atomic E-state index is 10.8. The molecule has 0 heterocycles. The van der Waals surface area contributed by atoms with Crippen LogP contribution in [-0.4, -0.2) is 30.1 Å². The maximum Gasteiger partial charge on any atom is 0.177 e. The zero-order valence-electron chi connectivity index (χ0n) is 6.06. The topological polar surface area (TPSA) is 49.3 Å². The smallest absolute Gasteiger partial charge is 0.177 e. The number of aliphatic hydroxyl groups is 1. The van der Waals surface area contributed by atoms with Crippen molar-refractivity contribution in [1.82, 2.24) is 5.32 Å². The number of carbonyl (C=O) groups excluding carboxylic acids is 1. The van der Waals surface area contributed by atoms with E-state index in [-0.39, 0.29) is 5.78 Å². The van der Waals surface area contributed by atoms with Crippen LogP contribution in [0.25, 0.3) is 0 Å². The van der Waals surface area contributed by atoms with E-state index in [1.807, 2.05) is 0 Å². The second kappa shape index (κ2) is 2.94. The second-order valence-corrected chi connectivity index (χ2v) is 2.46. The Morgan fingerprint density at radius 3 is 2.22 bits per heavy atom. The number of likely N-dealkylation sites (N-methyl/N-ethyl adjacent to an activating group) is 1. The number of nitrogens with one attached hydrogen (secondary N) is 1. The largest absolute Gasteiger partial charge is 0.389 e. The van der Waals surface area contributed by atoms with Crippen molar-refractivity contribution in [3.63, 3.8) is 0 Å². The van der Waals surface area contributed by atoms with Gasteiger partial charge in [-0.05, 0) is 20.9 Å². The molecule has 3 heteroatoms. The summed E-state index contributed by atoms with van der Waals surface area (Å²) in [6.07, 6.45) is 0. The molecule has 0 amide bonds. The van der Waals surface area contributed by atoms with Gasteiger partial charge >= 0.3 is 0 Å². The van der Waals surface area contributed by atoms with E-state index >= 15 is 0 Å². The highest BCUT2D eigenvalue weighted by Gasteiger charge is 2.23. The lowest BCUT2D eigenvalue weighted by atomic mass is 10.0. The number of Topliss-reactive ketones (excluding diaryl/α,β-unsaturated/α-hetero) is 1. The van der Waals surface area contributed by atoms with Gasteiger partial charge in [0.2, 0.25) is 0 Å². The van der Waals surface area contributed by atoms with E-state index in [1.165, 1.54) is 0 Å². The van der Waals surface area contributed by atoms with Crippen LogP contribution in [0, 0.1) is 0 Å². The molecule has 0 aromatic carbocycles. The number of hydrogen-bond acceptors (Lipinski definition) is 3. The zero-order valence-corrected chi connectivity index (χ0v) is 6.06. The van der Waals surface area contributed by atoms with Crippen LogP contribution >= 0.6 is 0 Å². The van der Waals surface area contributed by atoms with E-state index < -0.39 is 12.1 Å². The van der Waals surface area contributed by atoms with Gasteiger partial charge in [-0.1, -0.05) is 0 Å². The van der Waals surface area contributed by atoms with Gasteiger partial charge < -0.3 is 10.4 Å². The van der Waals surface area contributed by atoms with Crippen molar-refractivity contribution in [3.05, 3.63) is 0 Å². The van der Waals surface area contributed by atoms with Crippen LogP contribution in [0.4, 0.5) is 0 Å². The van der Waals surface area contributed by atoms with Gasteiger partial charge in [0.25, 0.3) is 0 Å². The van der Waals surface area contributed by atoms with Crippen molar-refractivity contribution in [2.75, 3.05) is 13.7 Å². The highest BCUT2D eigenvalue weighted by molar-refractivity contribution is 5.88.